The maximum absolute atomic E-state index is 5.79. The highest BCUT2D eigenvalue weighted by Gasteiger charge is 2.27. The van der Waals surface area contributed by atoms with Gasteiger partial charge in [-0.25, -0.2) is 0 Å². The van der Waals surface area contributed by atoms with Gasteiger partial charge in [-0.3, -0.25) is 4.68 Å². The molecule has 0 amide bonds. The first-order chi connectivity index (χ1) is 7.08. The Hall–Kier alpha value is -1.03. The van der Waals surface area contributed by atoms with Gasteiger partial charge in [-0.1, -0.05) is 0 Å². The van der Waals surface area contributed by atoms with Gasteiger partial charge in [0.1, 0.15) is 5.82 Å². The summed E-state index contributed by atoms with van der Waals surface area (Å²) in [7, 11) is 1.90. The van der Waals surface area contributed by atoms with Crippen molar-refractivity contribution in [1.29, 1.82) is 0 Å². The van der Waals surface area contributed by atoms with Crippen molar-refractivity contribution in [2.24, 2.45) is 7.05 Å². The molecule has 1 unspecified atom stereocenters. The van der Waals surface area contributed by atoms with Gasteiger partial charge < -0.3 is 10.6 Å². The zero-order chi connectivity index (χ0) is 11.0. The van der Waals surface area contributed by atoms with E-state index in [1.54, 1.807) is 4.68 Å². The molecule has 4 heteroatoms. The number of aromatic nitrogens is 2. The van der Waals surface area contributed by atoms with Crippen LogP contribution >= 0.6 is 0 Å². The summed E-state index contributed by atoms with van der Waals surface area (Å²) in [6, 6.07) is 2.64. The molecule has 84 valence electrons. The maximum Gasteiger partial charge on any atom is 0.121 e. The van der Waals surface area contributed by atoms with Crippen LogP contribution in [0, 0.1) is 0 Å². The fourth-order valence-corrected chi connectivity index (χ4v) is 2.20. The van der Waals surface area contributed by atoms with Gasteiger partial charge in [0.15, 0.2) is 0 Å². The molecule has 2 heterocycles. The zero-order valence-electron chi connectivity index (χ0n) is 9.77. The normalized spacial score (nSPS) is 22.8. The molecule has 0 radical (unpaired) electrons. The summed E-state index contributed by atoms with van der Waals surface area (Å²) >= 11 is 0. The molecule has 0 aliphatic carbocycles. The van der Waals surface area contributed by atoms with Crippen LogP contribution < -0.4 is 5.73 Å². The number of aryl methyl sites for hydroxylation is 1. The summed E-state index contributed by atoms with van der Waals surface area (Å²) in [5.41, 5.74) is 6.94. The van der Waals surface area contributed by atoms with Crippen molar-refractivity contribution in [1.82, 2.24) is 14.7 Å². The Labute approximate surface area is 91.1 Å². The Morgan fingerprint density at radius 3 is 2.73 bits per heavy atom. The van der Waals surface area contributed by atoms with Crippen LogP contribution in [0.4, 0.5) is 5.82 Å². The van der Waals surface area contributed by atoms with Crippen LogP contribution in [0.1, 0.15) is 31.9 Å². The number of nitrogens with zero attached hydrogens (tertiary/aromatic N) is 3. The molecule has 4 nitrogen and oxygen atoms in total. The minimum atomic E-state index is 0.566. The van der Waals surface area contributed by atoms with Crippen molar-refractivity contribution in [3.05, 3.63) is 11.8 Å². The second kappa shape index (κ2) is 3.85. The second-order valence-corrected chi connectivity index (χ2v) is 4.69. The summed E-state index contributed by atoms with van der Waals surface area (Å²) in [6.45, 7) is 6.79. The third kappa shape index (κ3) is 2.00. The first-order valence-corrected chi connectivity index (χ1v) is 5.61. The molecule has 1 aromatic heterocycles. The highest BCUT2D eigenvalue weighted by atomic mass is 15.3. The van der Waals surface area contributed by atoms with Gasteiger partial charge in [-0.2, -0.15) is 5.10 Å². The first kappa shape index (κ1) is 10.5. The topological polar surface area (TPSA) is 47.1 Å². The molecular formula is C11H20N4. The van der Waals surface area contributed by atoms with E-state index in [0.717, 1.165) is 18.1 Å². The molecule has 1 aliphatic rings. The summed E-state index contributed by atoms with van der Waals surface area (Å²) in [6.07, 6.45) is 1.20. The van der Waals surface area contributed by atoms with E-state index in [0.29, 0.717) is 12.0 Å². The van der Waals surface area contributed by atoms with Gasteiger partial charge in [0.05, 0.1) is 5.69 Å². The minimum absolute atomic E-state index is 0.566. The smallest absolute Gasteiger partial charge is 0.121 e. The van der Waals surface area contributed by atoms with Crippen molar-refractivity contribution in [3.8, 4) is 0 Å². The van der Waals surface area contributed by atoms with E-state index in [9.17, 15) is 0 Å². The van der Waals surface area contributed by atoms with Crippen LogP contribution in [-0.4, -0.2) is 33.8 Å². The van der Waals surface area contributed by atoms with E-state index in [1.807, 2.05) is 13.1 Å². The Morgan fingerprint density at radius 2 is 2.27 bits per heavy atom. The van der Waals surface area contributed by atoms with E-state index >= 15 is 0 Å². The monoisotopic (exact) mass is 208 g/mol. The highest BCUT2D eigenvalue weighted by Crippen LogP contribution is 2.28. The Bertz CT molecular complexity index is 323. The van der Waals surface area contributed by atoms with Crippen LogP contribution in [0.5, 0.6) is 0 Å². The van der Waals surface area contributed by atoms with E-state index in [2.05, 4.69) is 23.8 Å². The molecule has 1 aromatic rings. The van der Waals surface area contributed by atoms with Crippen molar-refractivity contribution in [2.45, 2.75) is 32.2 Å². The third-order valence-corrected chi connectivity index (χ3v) is 3.30. The molecule has 0 bridgehead atoms. The van der Waals surface area contributed by atoms with Crippen LogP contribution in [0.15, 0.2) is 6.07 Å². The Balaban J connectivity index is 2.07. The predicted octanol–water partition coefficient (Wildman–Crippen LogP) is 1.20. The molecule has 15 heavy (non-hydrogen) atoms. The molecule has 2 N–H and O–H groups in total. The highest BCUT2D eigenvalue weighted by molar-refractivity contribution is 5.32. The molecule has 0 aromatic carbocycles. The summed E-state index contributed by atoms with van der Waals surface area (Å²) in [4.78, 5) is 2.50. The Kier molecular flexibility index (Phi) is 2.69. The molecular weight excluding hydrogens is 188 g/mol. The van der Waals surface area contributed by atoms with E-state index in [1.165, 1.54) is 13.0 Å². The number of hydrogen-bond acceptors (Lipinski definition) is 3. The number of nitrogen functional groups attached to an aromatic ring is 1. The number of likely N-dealkylation sites (tertiary alicyclic amines) is 1. The van der Waals surface area contributed by atoms with Gasteiger partial charge >= 0.3 is 0 Å². The molecule has 1 atom stereocenters. The van der Waals surface area contributed by atoms with Gasteiger partial charge in [-0.05, 0) is 26.8 Å². The Morgan fingerprint density at radius 1 is 1.53 bits per heavy atom. The van der Waals surface area contributed by atoms with Crippen LogP contribution in [0.3, 0.4) is 0 Å². The quantitative estimate of drug-likeness (QED) is 0.794. The third-order valence-electron chi connectivity index (χ3n) is 3.30. The van der Waals surface area contributed by atoms with E-state index in [4.69, 9.17) is 5.73 Å². The zero-order valence-corrected chi connectivity index (χ0v) is 9.77. The lowest BCUT2D eigenvalue weighted by molar-refractivity contribution is 0.272. The fourth-order valence-electron chi connectivity index (χ4n) is 2.20. The number of rotatable bonds is 2. The molecule has 1 saturated heterocycles. The minimum Gasteiger partial charge on any atom is -0.384 e. The SMILES string of the molecule is CC(C)N1CCC(c2cc(N)n(C)n2)C1. The summed E-state index contributed by atoms with van der Waals surface area (Å²) < 4.78 is 1.76. The number of anilines is 1. The van der Waals surface area contributed by atoms with Crippen LogP contribution in [0.25, 0.3) is 0 Å². The second-order valence-electron chi connectivity index (χ2n) is 4.69. The van der Waals surface area contributed by atoms with Crippen LogP contribution in [0.2, 0.25) is 0 Å². The van der Waals surface area contributed by atoms with E-state index in [-0.39, 0.29) is 0 Å². The summed E-state index contributed by atoms with van der Waals surface area (Å²) in [5, 5.41) is 4.45. The standard InChI is InChI=1S/C11H20N4/c1-8(2)15-5-4-9(7-15)10-6-11(12)14(3)13-10/h6,8-9H,4-5,7,12H2,1-3H3. The van der Waals surface area contributed by atoms with Gasteiger partial charge in [0.25, 0.3) is 0 Å². The van der Waals surface area contributed by atoms with Crippen molar-refractivity contribution in [2.75, 3.05) is 18.8 Å². The molecule has 0 saturated carbocycles. The van der Waals surface area contributed by atoms with Crippen molar-refractivity contribution < 1.29 is 0 Å². The number of nitrogens with two attached hydrogens (primary N) is 1. The van der Waals surface area contributed by atoms with Gasteiger partial charge in [0, 0.05) is 31.6 Å². The van der Waals surface area contributed by atoms with Crippen molar-refractivity contribution >= 4 is 5.82 Å². The summed E-state index contributed by atoms with van der Waals surface area (Å²) in [5.74, 6) is 1.32. The van der Waals surface area contributed by atoms with E-state index < -0.39 is 0 Å². The lowest BCUT2D eigenvalue weighted by Gasteiger charge is -2.19. The maximum atomic E-state index is 5.79. The largest absolute Gasteiger partial charge is 0.384 e. The van der Waals surface area contributed by atoms with Gasteiger partial charge in [-0.15, -0.1) is 0 Å². The lowest BCUT2D eigenvalue weighted by Crippen LogP contribution is -2.27. The first-order valence-electron chi connectivity index (χ1n) is 5.61. The predicted molar refractivity (Wildman–Crippen MR) is 61.7 cm³/mol. The van der Waals surface area contributed by atoms with Crippen molar-refractivity contribution in [3.63, 3.8) is 0 Å². The number of hydrogen-bond donors (Lipinski definition) is 1. The molecule has 0 spiro atoms. The molecule has 2 rings (SSSR count). The average Bonchev–Trinajstić information content (AvgIpc) is 2.74. The lowest BCUT2D eigenvalue weighted by atomic mass is 10.1. The molecule has 1 aliphatic heterocycles. The van der Waals surface area contributed by atoms with Crippen LogP contribution in [-0.2, 0) is 7.05 Å². The average molecular weight is 208 g/mol. The van der Waals surface area contributed by atoms with Gasteiger partial charge in [0.2, 0.25) is 0 Å². The molecule has 1 fully saturated rings. The fraction of sp³-hybridized carbons (Fsp3) is 0.727.